The summed E-state index contributed by atoms with van der Waals surface area (Å²) in [6.07, 6.45) is 2.46. The molecule has 0 amide bonds. The molecule has 4 rings (SSSR count). The molecule has 0 aliphatic carbocycles. The highest BCUT2D eigenvalue weighted by atomic mass is 35.5. The normalized spacial score (nSPS) is 11.6. The number of sulfonamides is 1. The number of nitrogens with zero attached hydrogens (tertiary/aromatic N) is 4. The Hall–Kier alpha value is -3.14. The summed E-state index contributed by atoms with van der Waals surface area (Å²) in [6.45, 7) is 0. The minimum Gasteiger partial charge on any atom is -0.477 e. The van der Waals surface area contributed by atoms with E-state index in [-0.39, 0.29) is 17.0 Å². The number of hydrogen-bond acceptors (Lipinski definition) is 5. The molecular weight excluding hydrogens is 475 g/mol. The monoisotopic (exact) mass is 490 g/mol. The highest BCUT2D eigenvalue weighted by Gasteiger charge is 2.29. The van der Waals surface area contributed by atoms with E-state index in [4.69, 9.17) is 23.2 Å². The van der Waals surface area contributed by atoms with Gasteiger partial charge in [-0.3, -0.25) is 4.31 Å². The third kappa shape index (κ3) is 3.79. The molecule has 0 bridgehead atoms. The van der Waals surface area contributed by atoms with Gasteiger partial charge >= 0.3 is 5.97 Å². The number of carbonyl (C=O) groups is 1. The van der Waals surface area contributed by atoms with E-state index in [9.17, 15) is 18.3 Å². The topological polar surface area (TPSA) is 105 Å². The Balaban J connectivity index is 2.16. The summed E-state index contributed by atoms with van der Waals surface area (Å²) < 4.78 is 26.4. The molecule has 11 heteroatoms. The molecule has 4 aromatic rings. The van der Waals surface area contributed by atoms with Crippen LogP contribution < -0.4 is 4.31 Å². The van der Waals surface area contributed by atoms with E-state index in [1.165, 1.54) is 17.8 Å². The van der Waals surface area contributed by atoms with Crippen LogP contribution in [0.5, 0.6) is 0 Å². The number of fused-ring (bicyclic) bond motifs is 1. The number of hydrogen-bond donors (Lipinski definition) is 1. The number of carboxylic acid groups (broad SMARTS) is 1. The van der Waals surface area contributed by atoms with Gasteiger partial charge in [-0.1, -0.05) is 53.5 Å². The predicted molar refractivity (Wildman–Crippen MR) is 124 cm³/mol. The lowest BCUT2D eigenvalue weighted by atomic mass is 10.0. The van der Waals surface area contributed by atoms with Crippen molar-refractivity contribution in [1.82, 2.24) is 14.6 Å². The maximum absolute atomic E-state index is 12.1. The Bertz CT molecular complexity index is 1470. The summed E-state index contributed by atoms with van der Waals surface area (Å²) in [5.74, 6) is -1.61. The van der Waals surface area contributed by atoms with E-state index in [1.54, 1.807) is 42.5 Å². The summed E-state index contributed by atoms with van der Waals surface area (Å²) in [5.41, 5.74) is 2.03. The molecule has 32 heavy (non-hydrogen) atoms. The van der Waals surface area contributed by atoms with Crippen LogP contribution in [0.4, 0.5) is 5.82 Å². The first-order valence-electron chi connectivity index (χ1n) is 9.19. The van der Waals surface area contributed by atoms with Gasteiger partial charge in [-0.15, -0.1) is 5.10 Å². The number of carboxylic acids is 1. The fraction of sp³-hybridized carbons (Fsp3) is 0.0952. The van der Waals surface area contributed by atoms with Gasteiger partial charge in [-0.2, -0.15) is 0 Å². The van der Waals surface area contributed by atoms with Crippen LogP contribution in [-0.2, 0) is 10.0 Å². The third-order valence-corrected chi connectivity index (χ3v) is 6.67. The molecular formula is C21H16Cl2N4O4S. The zero-order valence-electron chi connectivity index (χ0n) is 16.8. The SMILES string of the molecule is CN(c1nn2c(-c3ccc(Cl)cc3)c(-c3ccccc3Cl)cnc2c1C(=O)O)S(C)(=O)=O. The lowest BCUT2D eigenvalue weighted by Gasteiger charge is -2.14. The van der Waals surface area contributed by atoms with Crippen molar-refractivity contribution in [1.29, 1.82) is 0 Å². The van der Waals surface area contributed by atoms with Gasteiger partial charge in [0, 0.05) is 40.0 Å². The van der Waals surface area contributed by atoms with Crippen molar-refractivity contribution in [2.45, 2.75) is 0 Å². The summed E-state index contributed by atoms with van der Waals surface area (Å²) in [4.78, 5) is 16.4. The molecule has 0 aliphatic rings. The van der Waals surface area contributed by atoms with Crippen molar-refractivity contribution in [2.24, 2.45) is 0 Å². The molecule has 0 fully saturated rings. The van der Waals surface area contributed by atoms with Gasteiger partial charge in [0.05, 0.1) is 11.9 Å². The van der Waals surface area contributed by atoms with Crippen LogP contribution in [0.15, 0.2) is 54.7 Å². The van der Waals surface area contributed by atoms with E-state index in [0.717, 1.165) is 10.6 Å². The standard InChI is InChI=1S/C21H16Cl2N4O4S/c1-26(32(2,30)31)20-17(21(28)29)19-24-11-15(14-5-3-4-6-16(14)23)18(27(19)25-20)12-7-9-13(22)10-8-12/h3-11H,1-2H3,(H,28,29). The largest absolute Gasteiger partial charge is 0.477 e. The second-order valence-electron chi connectivity index (χ2n) is 6.98. The molecule has 2 aromatic carbocycles. The van der Waals surface area contributed by atoms with Crippen LogP contribution in [0.3, 0.4) is 0 Å². The van der Waals surface area contributed by atoms with Crippen LogP contribution >= 0.6 is 23.2 Å². The fourth-order valence-corrected chi connectivity index (χ4v) is 4.11. The number of anilines is 1. The second-order valence-corrected chi connectivity index (χ2v) is 9.83. The molecule has 0 saturated carbocycles. The van der Waals surface area contributed by atoms with Gasteiger partial charge < -0.3 is 5.11 Å². The second kappa shape index (κ2) is 8.09. The van der Waals surface area contributed by atoms with Crippen molar-refractivity contribution in [3.05, 3.63) is 70.3 Å². The Morgan fingerprint density at radius 1 is 1.06 bits per heavy atom. The van der Waals surface area contributed by atoms with Crippen molar-refractivity contribution in [3.8, 4) is 22.4 Å². The van der Waals surface area contributed by atoms with E-state index in [0.29, 0.717) is 32.4 Å². The van der Waals surface area contributed by atoms with Crippen molar-refractivity contribution in [2.75, 3.05) is 17.6 Å². The van der Waals surface area contributed by atoms with Gasteiger partial charge in [0.15, 0.2) is 11.5 Å². The number of halogens is 2. The summed E-state index contributed by atoms with van der Waals surface area (Å²) in [7, 11) is -2.55. The summed E-state index contributed by atoms with van der Waals surface area (Å²) >= 11 is 12.5. The zero-order chi connectivity index (χ0) is 23.2. The number of aromatic carboxylic acids is 1. The molecule has 8 nitrogen and oxygen atoms in total. The smallest absolute Gasteiger partial charge is 0.343 e. The van der Waals surface area contributed by atoms with Gasteiger partial charge in [-0.05, 0) is 18.2 Å². The highest BCUT2D eigenvalue weighted by Crippen LogP contribution is 2.38. The van der Waals surface area contributed by atoms with Crippen LogP contribution in [0.25, 0.3) is 28.0 Å². The Morgan fingerprint density at radius 3 is 2.31 bits per heavy atom. The number of benzene rings is 2. The van der Waals surface area contributed by atoms with Gasteiger partial charge in [-0.25, -0.2) is 22.7 Å². The fourth-order valence-electron chi connectivity index (χ4n) is 3.31. The third-order valence-electron chi connectivity index (χ3n) is 4.92. The van der Waals surface area contributed by atoms with E-state index >= 15 is 0 Å². The molecule has 0 unspecified atom stereocenters. The van der Waals surface area contributed by atoms with E-state index < -0.39 is 16.0 Å². The minimum atomic E-state index is -3.78. The molecule has 0 radical (unpaired) electrons. The van der Waals surface area contributed by atoms with Gasteiger partial charge in [0.1, 0.15) is 5.56 Å². The molecule has 0 spiro atoms. The van der Waals surface area contributed by atoms with Crippen LogP contribution in [-0.4, -0.2) is 47.4 Å². The predicted octanol–water partition coefficient (Wildman–Crippen LogP) is 4.46. The van der Waals surface area contributed by atoms with Crippen LogP contribution in [0, 0.1) is 0 Å². The maximum Gasteiger partial charge on any atom is 0.343 e. The highest BCUT2D eigenvalue weighted by molar-refractivity contribution is 7.92. The quantitative estimate of drug-likeness (QED) is 0.442. The van der Waals surface area contributed by atoms with Crippen LogP contribution in [0.1, 0.15) is 10.4 Å². The molecule has 164 valence electrons. The molecule has 2 heterocycles. The number of aromatic nitrogens is 3. The number of rotatable bonds is 5. The van der Waals surface area contributed by atoms with E-state index in [2.05, 4.69) is 10.1 Å². The Morgan fingerprint density at radius 2 is 1.72 bits per heavy atom. The zero-order valence-corrected chi connectivity index (χ0v) is 19.1. The average Bonchev–Trinajstić information content (AvgIpc) is 3.12. The minimum absolute atomic E-state index is 0.0104. The first-order valence-corrected chi connectivity index (χ1v) is 11.8. The maximum atomic E-state index is 12.1. The molecule has 0 atom stereocenters. The summed E-state index contributed by atoms with van der Waals surface area (Å²) in [5, 5.41) is 15.2. The van der Waals surface area contributed by atoms with E-state index in [1.807, 2.05) is 6.07 Å². The molecule has 0 saturated heterocycles. The lowest BCUT2D eigenvalue weighted by Crippen LogP contribution is -2.26. The molecule has 0 aliphatic heterocycles. The molecule has 2 aromatic heterocycles. The van der Waals surface area contributed by atoms with Gasteiger partial charge in [0.2, 0.25) is 10.0 Å². The Labute approximate surface area is 193 Å². The first-order chi connectivity index (χ1) is 15.1. The van der Waals surface area contributed by atoms with Crippen molar-refractivity contribution < 1.29 is 18.3 Å². The van der Waals surface area contributed by atoms with Gasteiger partial charge in [0.25, 0.3) is 0 Å². The van der Waals surface area contributed by atoms with Crippen molar-refractivity contribution in [3.63, 3.8) is 0 Å². The van der Waals surface area contributed by atoms with Crippen LogP contribution in [0.2, 0.25) is 10.0 Å². The molecule has 1 N–H and O–H groups in total. The average molecular weight is 491 g/mol. The van der Waals surface area contributed by atoms with Crippen molar-refractivity contribution >= 4 is 50.7 Å². The lowest BCUT2D eigenvalue weighted by molar-refractivity contribution is 0.0699. The Kier molecular flexibility index (Phi) is 5.58. The first kappa shape index (κ1) is 22.1. The summed E-state index contributed by atoms with van der Waals surface area (Å²) in [6, 6.07) is 14.0.